The second-order valence-corrected chi connectivity index (χ2v) is 8.40. The van der Waals surface area contributed by atoms with Crippen LogP contribution in [0.5, 0.6) is 0 Å². The number of carbonyl (C=O) groups is 3. The Hall–Kier alpha value is -1.63. The van der Waals surface area contributed by atoms with Crippen molar-refractivity contribution in [2.45, 2.75) is 44.8 Å². The van der Waals surface area contributed by atoms with E-state index < -0.39 is 0 Å². The van der Waals surface area contributed by atoms with Gasteiger partial charge in [0.05, 0.1) is 12.6 Å². The summed E-state index contributed by atoms with van der Waals surface area (Å²) in [6.45, 7) is 4.81. The zero-order valence-electron chi connectivity index (χ0n) is 15.7. The number of hydrogen-bond acceptors (Lipinski definition) is 4. The summed E-state index contributed by atoms with van der Waals surface area (Å²) < 4.78 is 5.96. The van der Waals surface area contributed by atoms with E-state index in [1.807, 2.05) is 16.8 Å². The summed E-state index contributed by atoms with van der Waals surface area (Å²) in [5, 5.41) is 0. The minimum atomic E-state index is -0.386. The number of likely N-dealkylation sites (N-methyl/N-ethyl adjacent to an activating group) is 1. The molecule has 3 atom stereocenters. The first-order valence-corrected chi connectivity index (χ1v) is 9.88. The molecule has 4 fully saturated rings. The third-order valence-corrected chi connectivity index (χ3v) is 6.62. The summed E-state index contributed by atoms with van der Waals surface area (Å²) in [5.41, 5.74) is 0. The molecular formula is C19H29N3O4. The Bertz CT molecular complexity index is 598. The molecule has 4 rings (SSSR count). The molecule has 1 saturated carbocycles. The van der Waals surface area contributed by atoms with Crippen LogP contribution in [0, 0.1) is 17.8 Å². The number of fused-ring (bicyclic) bond motifs is 1. The highest BCUT2D eigenvalue weighted by molar-refractivity contribution is 5.86. The van der Waals surface area contributed by atoms with Crippen LogP contribution in [0.4, 0.5) is 0 Å². The van der Waals surface area contributed by atoms with Crippen LogP contribution in [0.2, 0.25) is 0 Å². The van der Waals surface area contributed by atoms with Gasteiger partial charge in [0, 0.05) is 52.0 Å². The van der Waals surface area contributed by atoms with Crippen LogP contribution in [-0.4, -0.2) is 84.4 Å². The van der Waals surface area contributed by atoms with Gasteiger partial charge in [0.25, 0.3) is 5.91 Å². The van der Waals surface area contributed by atoms with E-state index in [4.69, 9.17) is 4.74 Å². The smallest absolute Gasteiger partial charge is 0.252 e. The molecule has 0 aromatic heterocycles. The van der Waals surface area contributed by atoms with Gasteiger partial charge in [-0.25, -0.2) is 0 Å². The molecule has 0 aromatic rings. The number of rotatable bonds is 4. The predicted octanol–water partition coefficient (Wildman–Crippen LogP) is 0.339. The first kappa shape index (κ1) is 17.8. The summed E-state index contributed by atoms with van der Waals surface area (Å²) in [5.74, 6) is 1.05. The molecule has 0 spiro atoms. The van der Waals surface area contributed by atoms with Gasteiger partial charge >= 0.3 is 0 Å². The second kappa shape index (κ2) is 6.83. The van der Waals surface area contributed by atoms with Crippen molar-refractivity contribution in [1.82, 2.24) is 14.7 Å². The van der Waals surface area contributed by atoms with Crippen molar-refractivity contribution in [2.75, 3.05) is 39.8 Å². The third kappa shape index (κ3) is 3.21. The maximum Gasteiger partial charge on any atom is 0.252 e. The van der Waals surface area contributed by atoms with Crippen LogP contribution in [0.3, 0.4) is 0 Å². The monoisotopic (exact) mass is 363 g/mol. The highest BCUT2D eigenvalue weighted by Gasteiger charge is 2.53. The SMILES string of the molecule is CC(=O)N1CCC(C(=O)N2C[C@@H]3[C@H](OCC4CC4)C(=O)N(C)[C@@H]3C2)CC1. The Morgan fingerprint density at radius 1 is 1.08 bits per heavy atom. The second-order valence-electron chi connectivity index (χ2n) is 8.40. The Morgan fingerprint density at radius 3 is 2.38 bits per heavy atom. The Kier molecular flexibility index (Phi) is 4.67. The number of carbonyl (C=O) groups excluding carboxylic acids is 3. The summed E-state index contributed by atoms with van der Waals surface area (Å²) in [4.78, 5) is 42.4. The van der Waals surface area contributed by atoms with E-state index in [-0.39, 0.29) is 41.7 Å². The van der Waals surface area contributed by atoms with E-state index in [2.05, 4.69) is 0 Å². The number of ether oxygens (including phenoxy) is 1. The highest BCUT2D eigenvalue weighted by Crippen LogP contribution is 2.37. The number of likely N-dealkylation sites (tertiary alicyclic amines) is 3. The number of amides is 3. The van der Waals surface area contributed by atoms with Crippen molar-refractivity contribution < 1.29 is 19.1 Å². The summed E-state index contributed by atoms with van der Waals surface area (Å²) in [6.07, 6.45) is 3.49. The number of piperidine rings is 1. The van der Waals surface area contributed by atoms with Crippen molar-refractivity contribution in [3.05, 3.63) is 0 Å². The number of hydrogen-bond donors (Lipinski definition) is 0. The molecule has 4 aliphatic rings. The Morgan fingerprint density at radius 2 is 1.77 bits per heavy atom. The lowest BCUT2D eigenvalue weighted by Crippen LogP contribution is -2.45. The Balaban J connectivity index is 1.35. The molecule has 3 saturated heterocycles. The van der Waals surface area contributed by atoms with E-state index in [1.165, 1.54) is 12.8 Å². The maximum atomic E-state index is 13.0. The van der Waals surface area contributed by atoms with Crippen molar-refractivity contribution >= 4 is 17.7 Å². The fraction of sp³-hybridized carbons (Fsp3) is 0.842. The molecule has 0 aromatic carbocycles. The van der Waals surface area contributed by atoms with E-state index in [0.29, 0.717) is 38.7 Å². The molecule has 0 unspecified atom stereocenters. The zero-order valence-corrected chi connectivity index (χ0v) is 15.7. The molecule has 7 heteroatoms. The molecule has 144 valence electrons. The first-order valence-electron chi connectivity index (χ1n) is 9.88. The van der Waals surface area contributed by atoms with Crippen LogP contribution < -0.4 is 0 Å². The quantitative estimate of drug-likeness (QED) is 0.722. The topological polar surface area (TPSA) is 70.2 Å². The average Bonchev–Trinajstić information content (AvgIpc) is 3.32. The molecule has 7 nitrogen and oxygen atoms in total. The van der Waals surface area contributed by atoms with Crippen LogP contribution in [0.15, 0.2) is 0 Å². The molecule has 1 aliphatic carbocycles. The van der Waals surface area contributed by atoms with E-state index in [1.54, 1.807) is 11.8 Å². The van der Waals surface area contributed by atoms with E-state index in [0.717, 1.165) is 12.8 Å². The lowest BCUT2D eigenvalue weighted by atomic mass is 9.95. The maximum absolute atomic E-state index is 13.0. The van der Waals surface area contributed by atoms with Gasteiger partial charge in [-0.15, -0.1) is 0 Å². The van der Waals surface area contributed by atoms with Gasteiger partial charge in [-0.2, -0.15) is 0 Å². The molecule has 3 amide bonds. The molecular weight excluding hydrogens is 334 g/mol. The van der Waals surface area contributed by atoms with Gasteiger partial charge in [0.2, 0.25) is 11.8 Å². The predicted molar refractivity (Wildman–Crippen MR) is 94.1 cm³/mol. The van der Waals surface area contributed by atoms with E-state index >= 15 is 0 Å². The molecule has 26 heavy (non-hydrogen) atoms. The summed E-state index contributed by atoms with van der Waals surface area (Å²) in [6, 6.07) is 0.0768. The van der Waals surface area contributed by atoms with Crippen molar-refractivity contribution in [3.63, 3.8) is 0 Å². The van der Waals surface area contributed by atoms with Gasteiger partial charge in [-0.3, -0.25) is 14.4 Å². The van der Waals surface area contributed by atoms with Crippen LogP contribution in [0.25, 0.3) is 0 Å². The van der Waals surface area contributed by atoms with Crippen molar-refractivity contribution in [3.8, 4) is 0 Å². The zero-order chi connectivity index (χ0) is 18.4. The molecule has 3 aliphatic heterocycles. The average molecular weight is 363 g/mol. The number of nitrogens with zero attached hydrogens (tertiary/aromatic N) is 3. The fourth-order valence-electron chi connectivity index (χ4n) is 4.66. The van der Waals surface area contributed by atoms with Crippen molar-refractivity contribution in [1.29, 1.82) is 0 Å². The normalized spacial score (nSPS) is 32.3. The lowest BCUT2D eigenvalue weighted by molar-refractivity contribution is -0.143. The van der Waals surface area contributed by atoms with Gasteiger partial charge in [0.15, 0.2) is 0 Å². The minimum absolute atomic E-state index is 0.00346. The largest absolute Gasteiger partial charge is 0.368 e. The molecule has 0 bridgehead atoms. The third-order valence-electron chi connectivity index (χ3n) is 6.62. The first-order chi connectivity index (χ1) is 12.5. The van der Waals surface area contributed by atoms with Crippen molar-refractivity contribution in [2.24, 2.45) is 17.8 Å². The summed E-state index contributed by atoms with van der Waals surface area (Å²) in [7, 11) is 1.83. The summed E-state index contributed by atoms with van der Waals surface area (Å²) >= 11 is 0. The van der Waals surface area contributed by atoms with Gasteiger partial charge in [0.1, 0.15) is 6.10 Å². The van der Waals surface area contributed by atoms with Crippen LogP contribution >= 0.6 is 0 Å². The van der Waals surface area contributed by atoms with Gasteiger partial charge in [-0.1, -0.05) is 0 Å². The molecule has 3 heterocycles. The fourth-order valence-corrected chi connectivity index (χ4v) is 4.66. The standard InChI is InChI=1S/C19H29N3O4/c1-12(23)21-7-5-14(6-8-21)18(24)22-9-15-16(10-22)20(2)19(25)17(15)26-11-13-3-4-13/h13-17H,3-11H2,1-2H3/t15-,16+,17-/m0/s1. The van der Waals surface area contributed by atoms with Crippen LogP contribution in [-0.2, 0) is 19.1 Å². The molecule has 0 radical (unpaired) electrons. The van der Waals surface area contributed by atoms with Gasteiger partial charge in [-0.05, 0) is 31.6 Å². The highest BCUT2D eigenvalue weighted by atomic mass is 16.5. The molecule has 0 N–H and O–H groups in total. The van der Waals surface area contributed by atoms with Gasteiger partial charge < -0.3 is 19.4 Å². The van der Waals surface area contributed by atoms with Crippen LogP contribution in [0.1, 0.15) is 32.6 Å². The van der Waals surface area contributed by atoms with E-state index in [9.17, 15) is 14.4 Å². The Labute approximate surface area is 154 Å². The lowest BCUT2D eigenvalue weighted by Gasteiger charge is -2.33. The minimum Gasteiger partial charge on any atom is -0.368 e.